The Labute approximate surface area is 69.7 Å². The van der Waals surface area contributed by atoms with Gasteiger partial charge in [-0.15, -0.1) is 0 Å². The zero-order chi connectivity index (χ0) is 7.14. The van der Waals surface area contributed by atoms with E-state index in [-0.39, 0.29) is 0 Å². The predicted octanol–water partition coefficient (Wildman–Crippen LogP) is -0.520. The molecule has 2 aromatic heterocycles. The van der Waals surface area contributed by atoms with E-state index < -0.39 is 0 Å². The second kappa shape index (κ2) is 2.14. The van der Waals surface area contributed by atoms with Crippen molar-refractivity contribution in [3.63, 3.8) is 0 Å². The number of thiophene rings is 2. The first-order valence-corrected chi connectivity index (χ1v) is 4.85. The summed E-state index contributed by atoms with van der Waals surface area (Å²) >= 11 is 3.77. The van der Waals surface area contributed by atoms with Crippen molar-refractivity contribution in [2.45, 2.75) is 0 Å². The highest BCUT2D eigenvalue weighted by atomic mass is 32.1. The zero-order valence-corrected chi connectivity index (χ0v) is 7.60. The number of hydrogen-bond donors (Lipinski definition) is 0. The molecule has 0 saturated heterocycles. The minimum Gasteiger partial charge on any atom is -0.150 e. The van der Waals surface area contributed by atoms with Crippen molar-refractivity contribution in [2.75, 3.05) is 0 Å². The maximum atomic E-state index is 2.26. The topological polar surface area (TPSA) is 0 Å². The molecule has 0 aromatic carbocycles. The lowest BCUT2D eigenvalue weighted by Crippen LogP contribution is -1.92. The minimum atomic E-state index is 1.42. The summed E-state index contributed by atoms with van der Waals surface area (Å²) in [6.07, 6.45) is 0. The molecule has 0 nitrogen and oxygen atoms in total. The molecule has 0 spiro atoms. The molecule has 2 rings (SSSR count). The normalized spacial score (nSPS) is 10.8. The molecule has 0 atom stereocenters. The summed E-state index contributed by atoms with van der Waals surface area (Å²) in [7, 11) is 4.32. The quantitative estimate of drug-likeness (QED) is 0.459. The fourth-order valence-corrected chi connectivity index (χ4v) is 3.31. The highest BCUT2D eigenvalue weighted by Gasteiger charge is 1.99. The Balaban J connectivity index is 2.83. The van der Waals surface area contributed by atoms with E-state index in [9.17, 15) is 0 Å². The lowest BCUT2D eigenvalue weighted by atomic mass is 10.1. The van der Waals surface area contributed by atoms with Crippen LogP contribution in [-0.2, 0) is 0 Å². The van der Waals surface area contributed by atoms with Gasteiger partial charge in [-0.2, -0.15) is 22.7 Å². The summed E-state index contributed by atoms with van der Waals surface area (Å²) in [5.41, 5.74) is 0. The third-order valence-corrected chi connectivity index (χ3v) is 3.58. The molecular formula is C6H6B2S2. The average molecular weight is 164 g/mol. The van der Waals surface area contributed by atoms with Gasteiger partial charge in [0.1, 0.15) is 0 Å². The highest BCUT2D eigenvalue weighted by molar-refractivity contribution is 7.34. The Bertz CT molecular complexity index is 298. The third kappa shape index (κ3) is 0.917. The average Bonchev–Trinajstić information content (AvgIpc) is 2.21. The van der Waals surface area contributed by atoms with Gasteiger partial charge in [-0.1, -0.05) is 0 Å². The van der Waals surface area contributed by atoms with Crippen LogP contribution < -0.4 is 9.55 Å². The Morgan fingerprint density at radius 2 is 1.30 bits per heavy atom. The van der Waals surface area contributed by atoms with Gasteiger partial charge in [0.15, 0.2) is 15.7 Å². The van der Waals surface area contributed by atoms with Crippen LogP contribution in [0.25, 0.3) is 9.40 Å². The van der Waals surface area contributed by atoms with E-state index in [4.69, 9.17) is 0 Å². The largest absolute Gasteiger partial charge is 0.152 e. The second-order valence-electron chi connectivity index (χ2n) is 2.44. The Kier molecular flexibility index (Phi) is 1.39. The predicted molar refractivity (Wildman–Crippen MR) is 56.1 cm³/mol. The van der Waals surface area contributed by atoms with E-state index in [1.54, 1.807) is 0 Å². The number of hydrogen-bond acceptors (Lipinski definition) is 2. The molecule has 4 heteroatoms. The molecule has 10 heavy (non-hydrogen) atoms. The number of fused-ring (bicyclic) bond motifs is 1. The molecule has 0 amide bonds. The van der Waals surface area contributed by atoms with Crippen molar-refractivity contribution in [1.82, 2.24) is 0 Å². The van der Waals surface area contributed by atoms with Crippen LogP contribution in [0.15, 0.2) is 12.1 Å². The van der Waals surface area contributed by atoms with Crippen molar-refractivity contribution in [2.24, 2.45) is 0 Å². The SMILES string of the molecule is Bc1cc2sc(B)cc2s1. The van der Waals surface area contributed by atoms with Crippen LogP contribution in [0.5, 0.6) is 0 Å². The van der Waals surface area contributed by atoms with E-state index in [0.29, 0.717) is 0 Å². The zero-order valence-electron chi connectivity index (χ0n) is 5.97. The molecule has 0 aliphatic heterocycles. The summed E-state index contributed by atoms with van der Waals surface area (Å²) in [6.45, 7) is 0. The lowest BCUT2D eigenvalue weighted by Gasteiger charge is -1.74. The van der Waals surface area contributed by atoms with E-state index >= 15 is 0 Å². The molecule has 0 unspecified atom stereocenters. The molecule has 48 valence electrons. The molecule has 0 saturated carbocycles. The monoisotopic (exact) mass is 164 g/mol. The van der Waals surface area contributed by atoms with Gasteiger partial charge < -0.3 is 0 Å². The van der Waals surface area contributed by atoms with Crippen LogP contribution in [0.1, 0.15) is 0 Å². The van der Waals surface area contributed by atoms with E-state index in [2.05, 4.69) is 27.8 Å². The van der Waals surface area contributed by atoms with Gasteiger partial charge in [0.25, 0.3) is 0 Å². The molecule has 0 bridgehead atoms. The Morgan fingerprint density at radius 1 is 0.900 bits per heavy atom. The second-order valence-corrected chi connectivity index (χ2v) is 5.02. The van der Waals surface area contributed by atoms with Crippen LogP contribution in [0.2, 0.25) is 0 Å². The summed E-state index contributed by atoms with van der Waals surface area (Å²) < 4.78 is 5.72. The van der Waals surface area contributed by atoms with Crippen molar-refractivity contribution in [3.8, 4) is 0 Å². The molecule has 0 N–H and O–H groups in total. The Hall–Kier alpha value is -0.210. The van der Waals surface area contributed by atoms with Crippen molar-refractivity contribution >= 4 is 57.3 Å². The van der Waals surface area contributed by atoms with E-state index in [0.717, 1.165) is 0 Å². The Morgan fingerprint density at radius 3 is 1.70 bits per heavy atom. The van der Waals surface area contributed by atoms with Crippen molar-refractivity contribution in [3.05, 3.63) is 12.1 Å². The molecule has 0 fully saturated rings. The lowest BCUT2D eigenvalue weighted by molar-refractivity contribution is 2.33. The van der Waals surface area contributed by atoms with E-state index in [1.165, 1.54) is 19.0 Å². The summed E-state index contributed by atoms with van der Waals surface area (Å²) in [5.74, 6) is 0. The molecular weight excluding hydrogens is 158 g/mol. The van der Waals surface area contributed by atoms with Gasteiger partial charge in [-0.3, -0.25) is 0 Å². The van der Waals surface area contributed by atoms with Crippen LogP contribution in [0.3, 0.4) is 0 Å². The molecule has 0 aliphatic carbocycles. The van der Waals surface area contributed by atoms with Gasteiger partial charge >= 0.3 is 0 Å². The fourth-order valence-electron chi connectivity index (χ4n) is 1.08. The summed E-state index contributed by atoms with van der Waals surface area (Å²) in [4.78, 5) is 0. The van der Waals surface area contributed by atoms with E-state index in [1.807, 2.05) is 22.7 Å². The van der Waals surface area contributed by atoms with Gasteiger partial charge in [-0.25, -0.2) is 0 Å². The van der Waals surface area contributed by atoms with Crippen LogP contribution in [0.4, 0.5) is 0 Å². The standard InChI is InChI=1S/C6H6B2S2/c7-5-1-3-4(10-5)2-6(8)9-3/h1-2H,7-8H2. The summed E-state index contributed by atoms with van der Waals surface area (Å²) in [6, 6.07) is 4.52. The molecule has 2 heterocycles. The van der Waals surface area contributed by atoms with Crippen LogP contribution in [0, 0.1) is 0 Å². The van der Waals surface area contributed by atoms with Crippen LogP contribution >= 0.6 is 22.7 Å². The van der Waals surface area contributed by atoms with Gasteiger partial charge in [0, 0.05) is 9.40 Å². The maximum absolute atomic E-state index is 2.26. The van der Waals surface area contributed by atoms with Crippen molar-refractivity contribution < 1.29 is 0 Å². The maximum Gasteiger partial charge on any atom is 0.152 e. The first-order valence-electron chi connectivity index (χ1n) is 3.22. The van der Waals surface area contributed by atoms with Gasteiger partial charge in [-0.05, 0) is 21.7 Å². The number of rotatable bonds is 0. The van der Waals surface area contributed by atoms with Gasteiger partial charge in [0.05, 0.1) is 0 Å². The first-order chi connectivity index (χ1) is 4.75. The molecule has 0 aliphatic rings. The fraction of sp³-hybridized carbons (Fsp3) is 0. The third-order valence-electron chi connectivity index (χ3n) is 1.45. The molecule has 0 radical (unpaired) electrons. The van der Waals surface area contributed by atoms with Crippen molar-refractivity contribution in [1.29, 1.82) is 0 Å². The summed E-state index contributed by atoms with van der Waals surface area (Å²) in [5, 5.41) is 0. The van der Waals surface area contributed by atoms with Crippen LogP contribution in [-0.4, -0.2) is 15.7 Å². The highest BCUT2D eigenvalue weighted by Crippen LogP contribution is 2.21. The smallest absolute Gasteiger partial charge is 0.150 e. The first kappa shape index (κ1) is 6.50. The minimum absolute atomic E-state index is 1.42. The van der Waals surface area contributed by atoms with Gasteiger partial charge in [0.2, 0.25) is 0 Å². The molecule has 2 aromatic rings.